The lowest BCUT2D eigenvalue weighted by Gasteiger charge is -2.13. The molecule has 2 rings (SSSR count). The first-order chi connectivity index (χ1) is 10.3. The molecule has 0 fully saturated rings. The van der Waals surface area contributed by atoms with Crippen molar-refractivity contribution in [3.8, 4) is 17.2 Å². The Morgan fingerprint density at radius 3 is 2.24 bits per heavy atom. The molecule has 3 heteroatoms. The molecular formula is C18H20O3. The van der Waals surface area contributed by atoms with Crippen molar-refractivity contribution in [3.05, 3.63) is 67.3 Å². The van der Waals surface area contributed by atoms with Crippen LogP contribution in [0.2, 0.25) is 0 Å². The molecule has 0 saturated carbocycles. The minimum atomic E-state index is 0.0308. The Bertz CT molecular complexity index is 534. The third-order valence-electron chi connectivity index (χ3n) is 2.79. The van der Waals surface area contributed by atoms with Crippen molar-refractivity contribution >= 4 is 0 Å². The van der Waals surface area contributed by atoms with Crippen molar-refractivity contribution in [2.45, 2.75) is 13.0 Å². The lowest BCUT2D eigenvalue weighted by Crippen LogP contribution is -2.18. The molecule has 3 nitrogen and oxygen atoms in total. The average Bonchev–Trinajstić information content (AvgIpc) is 2.53. The van der Waals surface area contributed by atoms with Crippen LogP contribution in [-0.2, 0) is 4.74 Å². The van der Waals surface area contributed by atoms with Crippen LogP contribution >= 0.6 is 0 Å². The molecule has 2 aromatic rings. The molecule has 0 N–H and O–H groups in total. The van der Waals surface area contributed by atoms with E-state index < -0.39 is 0 Å². The van der Waals surface area contributed by atoms with Gasteiger partial charge in [0.15, 0.2) is 0 Å². The van der Waals surface area contributed by atoms with Crippen molar-refractivity contribution < 1.29 is 14.2 Å². The maximum Gasteiger partial charge on any atom is 0.127 e. The highest BCUT2D eigenvalue weighted by Crippen LogP contribution is 2.23. The zero-order chi connectivity index (χ0) is 14.9. The summed E-state index contributed by atoms with van der Waals surface area (Å²) in [7, 11) is 0. The second kappa shape index (κ2) is 8.12. The highest BCUT2D eigenvalue weighted by molar-refractivity contribution is 5.35. The third-order valence-corrected chi connectivity index (χ3v) is 2.79. The summed E-state index contributed by atoms with van der Waals surface area (Å²) < 4.78 is 16.8. The molecule has 1 atom stereocenters. The monoisotopic (exact) mass is 284 g/mol. The van der Waals surface area contributed by atoms with Crippen LogP contribution in [0.15, 0.2) is 67.3 Å². The minimum absolute atomic E-state index is 0.0308. The van der Waals surface area contributed by atoms with Gasteiger partial charge in [-0.3, -0.25) is 0 Å². The van der Waals surface area contributed by atoms with Crippen LogP contribution in [0.1, 0.15) is 6.92 Å². The lowest BCUT2D eigenvalue weighted by atomic mass is 10.3. The van der Waals surface area contributed by atoms with E-state index in [1.54, 1.807) is 6.08 Å². The number of hydrogen-bond acceptors (Lipinski definition) is 3. The van der Waals surface area contributed by atoms with Gasteiger partial charge in [-0.1, -0.05) is 24.3 Å². The molecule has 0 bridgehead atoms. The predicted octanol–water partition coefficient (Wildman–Crippen LogP) is 4.45. The Labute approximate surface area is 125 Å². The summed E-state index contributed by atoms with van der Waals surface area (Å²) >= 11 is 0. The van der Waals surface area contributed by atoms with Gasteiger partial charge in [-0.05, 0) is 43.3 Å². The molecule has 1 unspecified atom stereocenters. The molecule has 21 heavy (non-hydrogen) atoms. The molecule has 0 aliphatic heterocycles. The fourth-order valence-electron chi connectivity index (χ4n) is 1.72. The van der Waals surface area contributed by atoms with E-state index in [2.05, 4.69) is 6.58 Å². The lowest BCUT2D eigenvalue weighted by molar-refractivity contribution is 0.0494. The fourth-order valence-corrected chi connectivity index (χ4v) is 1.72. The summed E-state index contributed by atoms with van der Waals surface area (Å²) in [6.07, 6.45) is 1.76. The number of ether oxygens (including phenoxy) is 3. The average molecular weight is 284 g/mol. The molecule has 0 saturated heterocycles. The summed E-state index contributed by atoms with van der Waals surface area (Å²) in [5.41, 5.74) is 0. The van der Waals surface area contributed by atoms with E-state index in [0.717, 1.165) is 17.2 Å². The van der Waals surface area contributed by atoms with Gasteiger partial charge in [0, 0.05) is 0 Å². The second-order valence-electron chi connectivity index (χ2n) is 4.63. The largest absolute Gasteiger partial charge is 0.491 e. The Morgan fingerprint density at radius 2 is 1.57 bits per heavy atom. The Morgan fingerprint density at radius 1 is 0.952 bits per heavy atom. The summed E-state index contributed by atoms with van der Waals surface area (Å²) in [4.78, 5) is 0. The maximum atomic E-state index is 5.72. The van der Waals surface area contributed by atoms with E-state index in [1.807, 2.05) is 61.5 Å². The molecule has 2 aromatic carbocycles. The van der Waals surface area contributed by atoms with Gasteiger partial charge >= 0.3 is 0 Å². The molecule has 0 spiro atoms. The Kier molecular flexibility index (Phi) is 5.85. The van der Waals surface area contributed by atoms with Crippen molar-refractivity contribution in [2.24, 2.45) is 0 Å². The molecule has 110 valence electrons. The van der Waals surface area contributed by atoms with Crippen molar-refractivity contribution in [1.29, 1.82) is 0 Å². The maximum absolute atomic E-state index is 5.72. The highest BCUT2D eigenvalue weighted by Gasteiger charge is 2.03. The van der Waals surface area contributed by atoms with E-state index in [9.17, 15) is 0 Å². The van der Waals surface area contributed by atoms with Gasteiger partial charge in [-0.25, -0.2) is 0 Å². The zero-order valence-electron chi connectivity index (χ0n) is 12.2. The van der Waals surface area contributed by atoms with E-state index in [4.69, 9.17) is 14.2 Å². The third kappa shape index (κ3) is 5.32. The fraction of sp³-hybridized carbons (Fsp3) is 0.222. The van der Waals surface area contributed by atoms with E-state index in [-0.39, 0.29) is 6.10 Å². The highest BCUT2D eigenvalue weighted by atomic mass is 16.5. The first-order valence-corrected chi connectivity index (χ1v) is 6.96. The van der Waals surface area contributed by atoms with Crippen LogP contribution < -0.4 is 9.47 Å². The van der Waals surface area contributed by atoms with Crippen molar-refractivity contribution in [1.82, 2.24) is 0 Å². The zero-order valence-corrected chi connectivity index (χ0v) is 12.2. The second-order valence-corrected chi connectivity index (χ2v) is 4.63. The van der Waals surface area contributed by atoms with Gasteiger partial charge in [0.25, 0.3) is 0 Å². The minimum Gasteiger partial charge on any atom is -0.491 e. The summed E-state index contributed by atoms with van der Waals surface area (Å²) in [5, 5.41) is 0. The van der Waals surface area contributed by atoms with E-state index >= 15 is 0 Å². The van der Waals surface area contributed by atoms with Gasteiger partial charge < -0.3 is 14.2 Å². The standard InChI is InChI=1S/C18H20O3/c1-3-13-19-15(2)14-20-16-9-11-18(12-10-16)21-17-7-5-4-6-8-17/h3-12,15H,1,13-14H2,2H3. The molecule has 0 heterocycles. The topological polar surface area (TPSA) is 27.7 Å². The first-order valence-electron chi connectivity index (χ1n) is 6.96. The summed E-state index contributed by atoms with van der Waals surface area (Å²) in [6, 6.07) is 17.2. The molecular weight excluding hydrogens is 264 g/mol. The molecule has 0 aromatic heterocycles. The van der Waals surface area contributed by atoms with E-state index in [0.29, 0.717) is 13.2 Å². The molecule has 0 aliphatic rings. The molecule has 0 aliphatic carbocycles. The van der Waals surface area contributed by atoms with Gasteiger partial charge in [-0.15, -0.1) is 6.58 Å². The summed E-state index contributed by atoms with van der Waals surface area (Å²) in [6.45, 7) is 6.63. The molecule has 0 radical (unpaired) electrons. The SMILES string of the molecule is C=CCOC(C)COc1ccc(Oc2ccccc2)cc1. The van der Waals surface area contributed by atoms with Gasteiger partial charge in [-0.2, -0.15) is 0 Å². The quantitative estimate of drug-likeness (QED) is 0.670. The van der Waals surface area contributed by atoms with Crippen LogP contribution in [0.25, 0.3) is 0 Å². The molecule has 0 amide bonds. The Balaban J connectivity index is 1.83. The van der Waals surface area contributed by atoms with E-state index in [1.165, 1.54) is 0 Å². The van der Waals surface area contributed by atoms with Crippen LogP contribution in [0.5, 0.6) is 17.2 Å². The predicted molar refractivity (Wildman–Crippen MR) is 84.1 cm³/mol. The number of rotatable bonds is 8. The number of benzene rings is 2. The van der Waals surface area contributed by atoms with Crippen LogP contribution in [0.3, 0.4) is 0 Å². The van der Waals surface area contributed by atoms with Gasteiger partial charge in [0.05, 0.1) is 12.7 Å². The first kappa shape index (κ1) is 15.1. The number of hydrogen-bond donors (Lipinski definition) is 0. The normalized spacial score (nSPS) is 11.7. The van der Waals surface area contributed by atoms with Crippen molar-refractivity contribution in [3.63, 3.8) is 0 Å². The Hall–Kier alpha value is -2.26. The summed E-state index contributed by atoms with van der Waals surface area (Å²) in [5.74, 6) is 2.39. The van der Waals surface area contributed by atoms with Gasteiger partial charge in [0.1, 0.15) is 23.9 Å². The smallest absolute Gasteiger partial charge is 0.127 e. The van der Waals surface area contributed by atoms with Crippen LogP contribution in [-0.4, -0.2) is 19.3 Å². The van der Waals surface area contributed by atoms with Crippen molar-refractivity contribution in [2.75, 3.05) is 13.2 Å². The van der Waals surface area contributed by atoms with Crippen LogP contribution in [0, 0.1) is 0 Å². The van der Waals surface area contributed by atoms with Crippen LogP contribution in [0.4, 0.5) is 0 Å². The van der Waals surface area contributed by atoms with Gasteiger partial charge in [0.2, 0.25) is 0 Å². The number of para-hydroxylation sites is 1.